The van der Waals surface area contributed by atoms with E-state index in [1.54, 1.807) is 12.1 Å². The van der Waals surface area contributed by atoms with Crippen LogP contribution in [0.4, 0.5) is 10.1 Å². The van der Waals surface area contributed by atoms with Crippen molar-refractivity contribution in [1.82, 2.24) is 4.90 Å². The largest absolute Gasteiger partial charge is 0.471 e. The van der Waals surface area contributed by atoms with E-state index in [1.807, 2.05) is 12.1 Å². The molecule has 0 aliphatic carbocycles. The summed E-state index contributed by atoms with van der Waals surface area (Å²) in [5, 5.41) is 3.22. The molecule has 1 N–H and O–H groups in total. The van der Waals surface area contributed by atoms with Gasteiger partial charge in [0, 0.05) is 6.54 Å². The zero-order chi connectivity index (χ0) is 18.6. The molecule has 2 aliphatic heterocycles. The van der Waals surface area contributed by atoms with Crippen LogP contribution >= 0.6 is 0 Å². The number of hydrogen-bond donors (Lipinski definition) is 1. The van der Waals surface area contributed by atoms with Crippen molar-refractivity contribution in [3.8, 4) is 5.75 Å². The number of fused-ring (bicyclic) bond motifs is 1. The quantitative estimate of drug-likeness (QED) is 0.798. The molecule has 4 heteroatoms. The molecule has 1 fully saturated rings. The SMILES string of the molecule is CC(Cc1ccc2c(c1)OCN2)CN1CCC(Cc2ccc(F)cc2)CC1. The molecule has 0 radical (unpaired) electrons. The van der Waals surface area contributed by atoms with Crippen LogP contribution in [0.3, 0.4) is 0 Å². The number of rotatable bonds is 6. The van der Waals surface area contributed by atoms with Crippen LogP contribution in [0.5, 0.6) is 5.75 Å². The Morgan fingerprint density at radius 1 is 1.11 bits per heavy atom. The fourth-order valence-corrected chi connectivity index (χ4v) is 4.39. The second kappa shape index (κ2) is 8.30. The highest BCUT2D eigenvalue weighted by Gasteiger charge is 2.21. The summed E-state index contributed by atoms with van der Waals surface area (Å²) >= 11 is 0. The number of nitrogens with one attached hydrogen (secondary N) is 1. The molecule has 27 heavy (non-hydrogen) atoms. The first-order chi connectivity index (χ1) is 13.2. The molecule has 1 atom stereocenters. The zero-order valence-electron chi connectivity index (χ0n) is 16.1. The Morgan fingerprint density at radius 3 is 2.63 bits per heavy atom. The lowest BCUT2D eigenvalue weighted by atomic mass is 9.89. The molecular formula is C23H29FN2O. The number of hydrogen-bond acceptors (Lipinski definition) is 3. The first-order valence-corrected chi connectivity index (χ1v) is 10.1. The van der Waals surface area contributed by atoms with Crippen molar-refractivity contribution >= 4 is 5.69 Å². The Balaban J connectivity index is 1.22. The van der Waals surface area contributed by atoms with Crippen LogP contribution in [0.2, 0.25) is 0 Å². The molecule has 2 heterocycles. The minimum Gasteiger partial charge on any atom is -0.471 e. The third-order valence-electron chi connectivity index (χ3n) is 5.84. The van der Waals surface area contributed by atoms with Gasteiger partial charge in [0.1, 0.15) is 11.6 Å². The summed E-state index contributed by atoms with van der Waals surface area (Å²) in [5.74, 6) is 2.20. The maximum atomic E-state index is 13.0. The first kappa shape index (κ1) is 18.3. The van der Waals surface area contributed by atoms with Crippen LogP contribution < -0.4 is 10.1 Å². The standard InChI is InChI=1S/C23H29FN2O/c1-17(12-20-4-7-22-23(14-20)27-16-25-22)15-26-10-8-19(9-11-26)13-18-2-5-21(24)6-3-18/h2-7,14,17,19,25H,8-13,15-16H2,1H3. The van der Waals surface area contributed by atoms with Crippen LogP contribution in [-0.4, -0.2) is 31.3 Å². The van der Waals surface area contributed by atoms with Crippen LogP contribution in [0, 0.1) is 17.7 Å². The molecule has 4 rings (SSSR count). The maximum absolute atomic E-state index is 13.0. The van der Waals surface area contributed by atoms with Crippen LogP contribution in [0.1, 0.15) is 30.9 Å². The van der Waals surface area contributed by atoms with Crippen molar-refractivity contribution in [2.24, 2.45) is 11.8 Å². The van der Waals surface area contributed by atoms with Gasteiger partial charge in [-0.25, -0.2) is 4.39 Å². The monoisotopic (exact) mass is 368 g/mol. The second-order valence-corrected chi connectivity index (χ2v) is 8.18. The fraction of sp³-hybridized carbons (Fsp3) is 0.478. The Bertz CT molecular complexity index is 753. The Labute approximate surface area is 161 Å². The third-order valence-corrected chi connectivity index (χ3v) is 5.84. The van der Waals surface area contributed by atoms with E-state index in [0.717, 1.165) is 36.7 Å². The van der Waals surface area contributed by atoms with Crippen LogP contribution in [-0.2, 0) is 12.8 Å². The molecule has 0 aromatic heterocycles. The van der Waals surface area contributed by atoms with Gasteiger partial charge in [0.25, 0.3) is 0 Å². The molecule has 1 saturated heterocycles. The molecule has 1 unspecified atom stereocenters. The van der Waals surface area contributed by atoms with E-state index in [1.165, 1.54) is 37.1 Å². The fourth-order valence-electron chi connectivity index (χ4n) is 4.39. The summed E-state index contributed by atoms with van der Waals surface area (Å²) in [6, 6.07) is 13.5. The average molecular weight is 368 g/mol. The minimum absolute atomic E-state index is 0.145. The van der Waals surface area contributed by atoms with Gasteiger partial charge in [-0.1, -0.05) is 25.1 Å². The van der Waals surface area contributed by atoms with Gasteiger partial charge in [-0.3, -0.25) is 0 Å². The highest BCUT2D eigenvalue weighted by Crippen LogP contribution is 2.31. The molecule has 0 amide bonds. The van der Waals surface area contributed by atoms with E-state index in [0.29, 0.717) is 12.6 Å². The lowest BCUT2D eigenvalue weighted by Crippen LogP contribution is -2.37. The number of ether oxygens (including phenoxy) is 1. The molecule has 2 aromatic rings. The first-order valence-electron chi connectivity index (χ1n) is 10.1. The number of anilines is 1. The third kappa shape index (κ3) is 4.81. The summed E-state index contributed by atoms with van der Waals surface area (Å²) < 4.78 is 18.6. The highest BCUT2D eigenvalue weighted by molar-refractivity contribution is 5.60. The number of halogens is 1. The minimum atomic E-state index is -0.145. The van der Waals surface area contributed by atoms with Gasteiger partial charge < -0.3 is 15.0 Å². The zero-order valence-corrected chi connectivity index (χ0v) is 16.1. The molecular weight excluding hydrogens is 339 g/mol. The normalized spacial score (nSPS) is 18.6. The average Bonchev–Trinajstić information content (AvgIpc) is 3.13. The smallest absolute Gasteiger partial charge is 0.159 e. The van der Waals surface area contributed by atoms with Crippen molar-refractivity contribution in [2.75, 3.05) is 31.7 Å². The van der Waals surface area contributed by atoms with E-state index >= 15 is 0 Å². The maximum Gasteiger partial charge on any atom is 0.159 e. The van der Waals surface area contributed by atoms with Crippen molar-refractivity contribution < 1.29 is 9.13 Å². The molecule has 2 aromatic carbocycles. The van der Waals surface area contributed by atoms with E-state index in [4.69, 9.17) is 4.74 Å². The molecule has 0 saturated carbocycles. The van der Waals surface area contributed by atoms with Gasteiger partial charge in [0.2, 0.25) is 0 Å². The lowest BCUT2D eigenvalue weighted by molar-refractivity contribution is 0.163. The molecule has 2 aliphatic rings. The van der Waals surface area contributed by atoms with Gasteiger partial charge in [0.05, 0.1) is 5.69 Å². The van der Waals surface area contributed by atoms with E-state index in [9.17, 15) is 4.39 Å². The molecule has 0 bridgehead atoms. The summed E-state index contributed by atoms with van der Waals surface area (Å²) in [6.45, 7) is 6.43. The Kier molecular flexibility index (Phi) is 5.63. The number of likely N-dealkylation sites (tertiary alicyclic amines) is 1. The Hall–Kier alpha value is -2.07. The Morgan fingerprint density at radius 2 is 1.85 bits per heavy atom. The van der Waals surface area contributed by atoms with Gasteiger partial charge >= 0.3 is 0 Å². The number of nitrogens with zero attached hydrogens (tertiary/aromatic N) is 1. The van der Waals surface area contributed by atoms with E-state index in [-0.39, 0.29) is 5.82 Å². The van der Waals surface area contributed by atoms with Gasteiger partial charge in [-0.05, 0) is 86.0 Å². The molecule has 3 nitrogen and oxygen atoms in total. The predicted molar refractivity (Wildman–Crippen MR) is 108 cm³/mol. The van der Waals surface area contributed by atoms with E-state index in [2.05, 4.69) is 35.3 Å². The van der Waals surface area contributed by atoms with Crippen LogP contribution in [0.15, 0.2) is 42.5 Å². The summed E-state index contributed by atoms with van der Waals surface area (Å²) in [6.07, 6.45) is 4.64. The summed E-state index contributed by atoms with van der Waals surface area (Å²) in [4.78, 5) is 2.61. The van der Waals surface area contributed by atoms with Crippen LogP contribution in [0.25, 0.3) is 0 Å². The summed E-state index contributed by atoms with van der Waals surface area (Å²) in [7, 11) is 0. The lowest BCUT2D eigenvalue weighted by Gasteiger charge is -2.33. The van der Waals surface area contributed by atoms with Gasteiger partial charge in [-0.2, -0.15) is 0 Å². The van der Waals surface area contributed by atoms with Gasteiger partial charge in [0.15, 0.2) is 6.73 Å². The molecule has 0 spiro atoms. The van der Waals surface area contributed by atoms with Crippen molar-refractivity contribution in [3.63, 3.8) is 0 Å². The number of benzene rings is 2. The topological polar surface area (TPSA) is 24.5 Å². The second-order valence-electron chi connectivity index (χ2n) is 8.18. The van der Waals surface area contributed by atoms with Crippen molar-refractivity contribution in [1.29, 1.82) is 0 Å². The number of piperidine rings is 1. The van der Waals surface area contributed by atoms with Crippen molar-refractivity contribution in [2.45, 2.75) is 32.6 Å². The van der Waals surface area contributed by atoms with E-state index < -0.39 is 0 Å². The van der Waals surface area contributed by atoms with Gasteiger partial charge in [-0.15, -0.1) is 0 Å². The summed E-state index contributed by atoms with van der Waals surface area (Å²) in [5.41, 5.74) is 3.72. The molecule has 144 valence electrons. The predicted octanol–water partition coefficient (Wildman–Crippen LogP) is 4.72. The van der Waals surface area contributed by atoms with Crippen molar-refractivity contribution in [3.05, 3.63) is 59.4 Å². The highest BCUT2D eigenvalue weighted by atomic mass is 19.1.